The second-order valence-electron chi connectivity index (χ2n) is 4.54. The van der Waals surface area contributed by atoms with Crippen LogP contribution in [-0.4, -0.2) is 43.3 Å². The third-order valence-electron chi connectivity index (χ3n) is 3.00. The van der Waals surface area contributed by atoms with Gasteiger partial charge in [-0.2, -0.15) is 0 Å². The van der Waals surface area contributed by atoms with E-state index in [0.717, 1.165) is 19.6 Å². The highest BCUT2D eigenvalue weighted by molar-refractivity contribution is 5.75. The fourth-order valence-corrected chi connectivity index (χ4v) is 1.86. The molecule has 88 valence electrons. The molecule has 1 heterocycles. The standard InChI is InChI=1S/C12H18N2O2/c1-2-6-14(8-10-3-4-10)12(15)13-11-5-7-16-9-11/h1,10-11H,3-9H2,(H,13,15). The van der Waals surface area contributed by atoms with E-state index < -0.39 is 0 Å². The summed E-state index contributed by atoms with van der Waals surface area (Å²) in [6, 6.07) is 0.118. The molecule has 16 heavy (non-hydrogen) atoms. The molecule has 0 aromatic rings. The van der Waals surface area contributed by atoms with Crippen molar-refractivity contribution >= 4 is 6.03 Å². The molecule has 1 saturated heterocycles. The van der Waals surface area contributed by atoms with E-state index in [1.54, 1.807) is 4.90 Å². The van der Waals surface area contributed by atoms with Gasteiger partial charge in [0.2, 0.25) is 0 Å². The third kappa shape index (κ3) is 3.14. The van der Waals surface area contributed by atoms with Crippen LogP contribution in [0.25, 0.3) is 0 Å². The van der Waals surface area contributed by atoms with E-state index in [2.05, 4.69) is 11.2 Å². The number of carbonyl (C=O) groups is 1. The van der Waals surface area contributed by atoms with E-state index in [-0.39, 0.29) is 12.1 Å². The van der Waals surface area contributed by atoms with Gasteiger partial charge in [-0.25, -0.2) is 4.79 Å². The van der Waals surface area contributed by atoms with Crippen molar-refractivity contribution in [2.45, 2.75) is 25.3 Å². The SMILES string of the molecule is C#CCN(CC1CC1)C(=O)NC1CCOC1. The van der Waals surface area contributed by atoms with Gasteiger partial charge in [0.05, 0.1) is 19.2 Å². The van der Waals surface area contributed by atoms with Crippen LogP contribution in [0.3, 0.4) is 0 Å². The fourth-order valence-electron chi connectivity index (χ4n) is 1.86. The fraction of sp³-hybridized carbons (Fsp3) is 0.750. The Morgan fingerprint density at radius 3 is 2.88 bits per heavy atom. The molecule has 0 spiro atoms. The summed E-state index contributed by atoms with van der Waals surface area (Å²) in [7, 11) is 0. The van der Waals surface area contributed by atoms with Gasteiger partial charge in [0.25, 0.3) is 0 Å². The highest BCUT2D eigenvalue weighted by atomic mass is 16.5. The third-order valence-corrected chi connectivity index (χ3v) is 3.00. The van der Waals surface area contributed by atoms with E-state index >= 15 is 0 Å². The Morgan fingerprint density at radius 1 is 1.50 bits per heavy atom. The summed E-state index contributed by atoms with van der Waals surface area (Å²) >= 11 is 0. The van der Waals surface area contributed by atoms with Crippen LogP contribution in [0, 0.1) is 18.3 Å². The molecule has 0 aromatic carbocycles. The quantitative estimate of drug-likeness (QED) is 0.716. The molecule has 1 aliphatic carbocycles. The van der Waals surface area contributed by atoms with Crippen molar-refractivity contribution in [3.63, 3.8) is 0 Å². The molecule has 2 aliphatic rings. The molecule has 4 nitrogen and oxygen atoms in total. The van der Waals surface area contributed by atoms with Gasteiger partial charge in [-0.15, -0.1) is 6.42 Å². The molecule has 1 N–H and O–H groups in total. The van der Waals surface area contributed by atoms with E-state index in [0.29, 0.717) is 19.1 Å². The molecule has 1 aliphatic heterocycles. The minimum Gasteiger partial charge on any atom is -0.379 e. The van der Waals surface area contributed by atoms with Crippen LogP contribution in [-0.2, 0) is 4.74 Å². The lowest BCUT2D eigenvalue weighted by Gasteiger charge is -2.22. The molecule has 2 fully saturated rings. The second kappa shape index (κ2) is 5.22. The summed E-state index contributed by atoms with van der Waals surface area (Å²) < 4.78 is 5.22. The Labute approximate surface area is 96.3 Å². The van der Waals surface area contributed by atoms with Gasteiger partial charge in [-0.1, -0.05) is 5.92 Å². The summed E-state index contributed by atoms with van der Waals surface area (Å²) in [5.74, 6) is 3.21. The minimum absolute atomic E-state index is 0.0413. The highest BCUT2D eigenvalue weighted by Gasteiger charge is 2.27. The molecule has 0 radical (unpaired) electrons. The summed E-state index contributed by atoms with van der Waals surface area (Å²) in [4.78, 5) is 13.6. The van der Waals surface area contributed by atoms with Crippen LogP contribution in [0.4, 0.5) is 4.79 Å². The van der Waals surface area contributed by atoms with Gasteiger partial charge in [0, 0.05) is 13.2 Å². The largest absolute Gasteiger partial charge is 0.379 e. The lowest BCUT2D eigenvalue weighted by atomic mass is 10.2. The van der Waals surface area contributed by atoms with E-state index in [9.17, 15) is 4.79 Å². The predicted molar refractivity (Wildman–Crippen MR) is 60.9 cm³/mol. The number of hydrogen-bond acceptors (Lipinski definition) is 2. The van der Waals surface area contributed by atoms with Crippen LogP contribution < -0.4 is 5.32 Å². The first-order valence-electron chi connectivity index (χ1n) is 5.86. The maximum absolute atomic E-state index is 11.9. The Balaban J connectivity index is 1.80. The molecule has 0 bridgehead atoms. The zero-order valence-electron chi connectivity index (χ0n) is 9.45. The number of ether oxygens (including phenoxy) is 1. The monoisotopic (exact) mass is 222 g/mol. The van der Waals surface area contributed by atoms with Gasteiger partial charge in [-0.3, -0.25) is 0 Å². The van der Waals surface area contributed by atoms with Crippen molar-refractivity contribution in [2.75, 3.05) is 26.3 Å². The van der Waals surface area contributed by atoms with E-state index in [4.69, 9.17) is 11.2 Å². The van der Waals surface area contributed by atoms with Crippen LogP contribution >= 0.6 is 0 Å². The van der Waals surface area contributed by atoms with Crippen LogP contribution in [0.5, 0.6) is 0 Å². The van der Waals surface area contributed by atoms with Gasteiger partial charge >= 0.3 is 6.03 Å². The first kappa shape index (κ1) is 11.3. The van der Waals surface area contributed by atoms with Crippen LogP contribution in [0.15, 0.2) is 0 Å². The maximum Gasteiger partial charge on any atom is 0.318 e. The predicted octanol–water partition coefficient (Wildman–Crippen LogP) is 0.830. The second-order valence-corrected chi connectivity index (χ2v) is 4.54. The first-order valence-corrected chi connectivity index (χ1v) is 5.86. The van der Waals surface area contributed by atoms with Crippen molar-refractivity contribution in [3.8, 4) is 12.3 Å². The molecular weight excluding hydrogens is 204 g/mol. The normalized spacial score (nSPS) is 23.8. The summed E-state index contributed by atoms with van der Waals surface area (Å²) in [6.07, 6.45) is 8.62. The van der Waals surface area contributed by atoms with Gasteiger partial charge in [-0.05, 0) is 25.2 Å². The van der Waals surface area contributed by atoms with Crippen molar-refractivity contribution in [2.24, 2.45) is 5.92 Å². The highest BCUT2D eigenvalue weighted by Crippen LogP contribution is 2.29. The number of amides is 2. The number of carbonyl (C=O) groups excluding carboxylic acids is 1. The van der Waals surface area contributed by atoms with Gasteiger partial charge < -0.3 is 15.0 Å². The van der Waals surface area contributed by atoms with Crippen molar-refractivity contribution < 1.29 is 9.53 Å². The zero-order chi connectivity index (χ0) is 11.4. The van der Waals surface area contributed by atoms with Gasteiger partial charge in [0.15, 0.2) is 0 Å². The summed E-state index contributed by atoms with van der Waals surface area (Å²) in [6.45, 7) is 2.56. The minimum atomic E-state index is -0.0413. The van der Waals surface area contributed by atoms with Crippen molar-refractivity contribution in [1.82, 2.24) is 10.2 Å². The Hall–Kier alpha value is -1.21. The van der Waals surface area contributed by atoms with Crippen LogP contribution in [0.2, 0.25) is 0 Å². The van der Waals surface area contributed by atoms with E-state index in [1.165, 1.54) is 12.8 Å². The molecule has 1 atom stereocenters. The lowest BCUT2D eigenvalue weighted by molar-refractivity contribution is 0.179. The number of rotatable bonds is 4. The van der Waals surface area contributed by atoms with Crippen molar-refractivity contribution in [1.29, 1.82) is 0 Å². The van der Waals surface area contributed by atoms with E-state index in [1.807, 2.05) is 0 Å². The average molecular weight is 222 g/mol. The lowest BCUT2D eigenvalue weighted by Crippen LogP contribution is -2.46. The summed E-state index contributed by atoms with van der Waals surface area (Å²) in [5, 5.41) is 2.96. The zero-order valence-corrected chi connectivity index (χ0v) is 9.45. The molecule has 1 saturated carbocycles. The smallest absolute Gasteiger partial charge is 0.318 e. The Kier molecular flexibility index (Phi) is 3.68. The molecule has 2 rings (SSSR count). The molecule has 2 amide bonds. The molecule has 0 aromatic heterocycles. The van der Waals surface area contributed by atoms with Crippen LogP contribution in [0.1, 0.15) is 19.3 Å². The Morgan fingerprint density at radius 2 is 2.31 bits per heavy atom. The van der Waals surface area contributed by atoms with Gasteiger partial charge in [0.1, 0.15) is 0 Å². The van der Waals surface area contributed by atoms with Crippen molar-refractivity contribution in [3.05, 3.63) is 0 Å². The molecule has 1 unspecified atom stereocenters. The number of nitrogens with zero attached hydrogens (tertiary/aromatic N) is 1. The number of nitrogens with one attached hydrogen (secondary N) is 1. The molecule has 4 heteroatoms. The maximum atomic E-state index is 11.9. The average Bonchev–Trinajstić information content (AvgIpc) is 2.94. The summed E-state index contributed by atoms with van der Waals surface area (Å²) in [5.41, 5.74) is 0. The topological polar surface area (TPSA) is 41.6 Å². The number of terminal acetylenes is 1. The number of hydrogen-bond donors (Lipinski definition) is 1. The Bertz CT molecular complexity index is 288. The first-order chi connectivity index (χ1) is 7.79. The number of urea groups is 1. The molecular formula is C12H18N2O2.